The maximum absolute atomic E-state index is 13.9. The number of piperidine rings is 1. The van der Waals surface area contributed by atoms with Crippen molar-refractivity contribution in [2.24, 2.45) is 5.92 Å². The van der Waals surface area contributed by atoms with Crippen molar-refractivity contribution in [2.45, 2.75) is 24.9 Å². The Morgan fingerprint density at radius 1 is 0.970 bits per heavy atom. The Bertz CT molecular complexity index is 1030. The van der Waals surface area contributed by atoms with Gasteiger partial charge in [-0.3, -0.25) is 0 Å². The molecule has 1 fully saturated rings. The number of aliphatic hydroxyl groups is 1. The highest BCUT2D eigenvalue weighted by Crippen LogP contribution is 2.41. The van der Waals surface area contributed by atoms with Crippen LogP contribution in [0.5, 0.6) is 5.75 Å². The second-order valence-corrected chi connectivity index (χ2v) is 8.57. The first-order valence-electron chi connectivity index (χ1n) is 11.5. The molecule has 33 heavy (non-hydrogen) atoms. The lowest BCUT2D eigenvalue weighted by molar-refractivity contribution is -0.0146. The van der Waals surface area contributed by atoms with Crippen LogP contribution in [0.25, 0.3) is 0 Å². The van der Waals surface area contributed by atoms with Gasteiger partial charge in [-0.1, -0.05) is 60.7 Å². The number of nitrogens with zero attached hydrogens (tertiary/aromatic N) is 2. The Morgan fingerprint density at radius 2 is 1.58 bits per heavy atom. The van der Waals surface area contributed by atoms with Crippen LogP contribution in [-0.4, -0.2) is 36.2 Å². The zero-order chi connectivity index (χ0) is 23.1. The van der Waals surface area contributed by atoms with E-state index in [9.17, 15) is 9.50 Å². The number of likely N-dealkylation sites (tertiary alicyclic amines) is 1. The van der Waals surface area contributed by atoms with Crippen molar-refractivity contribution < 1.29 is 14.2 Å². The summed E-state index contributed by atoms with van der Waals surface area (Å²) in [6.45, 7) is 3.08. The standard InChI is InChI=1S/C28H29FN2O2/c29-26-20-22(21-30)12-13-27(26)33-19-7-16-31-17-14-25(15-18-31)28(32,23-8-3-1-4-9-23)24-10-5-2-6-11-24/h1-6,8-13,20,25,32H,7,14-19H2. The maximum atomic E-state index is 13.9. The Hall–Kier alpha value is -3.20. The van der Waals surface area contributed by atoms with E-state index in [4.69, 9.17) is 10.00 Å². The molecular formula is C28H29FN2O2. The highest BCUT2D eigenvalue weighted by atomic mass is 19.1. The van der Waals surface area contributed by atoms with Gasteiger partial charge >= 0.3 is 0 Å². The molecule has 0 aliphatic carbocycles. The Morgan fingerprint density at radius 3 is 2.12 bits per heavy atom. The van der Waals surface area contributed by atoms with E-state index in [1.165, 1.54) is 12.1 Å². The summed E-state index contributed by atoms with van der Waals surface area (Å²) in [6, 6.07) is 26.1. The van der Waals surface area contributed by atoms with Gasteiger partial charge in [0.2, 0.25) is 0 Å². The molecule has 0 atom stereocenters. The first-order chi connectivity index (χ1) is 16.1. The summed E-state index contributed by atoms with van der Waals surface area (Å²) in [5.41, 5.74) is 1.15. The van der Waals surface area contributed by atoms with Gasteiger partial charge in [-0.15, -0.1) is 0 Å². The topological polar surface area (TPSA) is 56.5 Å². The molecule has 1 N–H and O–H groups in total. The summed E-state index contributed by atoms with van der Waals surface area (Å²) in [7, 11) is 0. The van der Waals surface area contributed by atoms with E-state index < -0.39 is 11.4 Å². The van der Waals surface area contributed by atoms with Gasteiger partial charge < -0.3 is 14.7 Å². The van der Waals surface area contributed by atoms with Crippen LogP contribution in [0.3, 0.4) is 0 Å². The molecule has 0 aromatic heterocycles. The van der Waals surface area contributed by atoms with Crippen LogP contribution in [0.2, 0.25) is 0 Å². The molecule has 5 heteroatoms. The van der Waals surface area contributed by atoms with Gasteiger partial charge in [-0.25, -0.2) is 4.39 Å². The van der Waals surface area contributed by atoms with Crippen LogP contribution in [-0.2, 0) is 5.60 Å². The van der Waals surface area contributed by atoms with Crippen molar-refractivity contribution in [3.8, 4) is 11.8 Å². The fraction of sp³-hybridized carbons (Fsp3) is 0.321. The minimum absolute atomic E-state index is 0.127. The predicted molar refractivity (Wildman–Crippen MR) is 126 cm³/mol. The predicted octanol–water partition coefficient (Wildman–Crippen LogP) is 5.11. The second-order valence-electron chi connectivity index (χ2n) is 8.57. The smallest absolute Gasteiger partial charge is 0.166 e. The third-order valence-electron chi connectivity index (χ3n) is 6.54. The number of benzene rings is 3. The minimum Gasteiger partial charge on any atom is -0.490 e. The third-order valence-corrected chi connectivity index (χ3v) is 6.54. The molecule has 3 aromatic rings. The van der Waals surface area contributed by atoms with Crippen molar-refractivity contribution in [3.05, 3.63) is 101 Å². The largest absolute Gasteiger partial charge is 0.490 e. The van der Waals surface area contributed by atoms with Gasteiger partial charge in [0.05, 0.1) is 18.2 Å². The average Bonchev–Trinajstić information content (AvgIpc) is 2.88. The van der Waals surface area contributed by atoms with E-state index in [0.717, 1.165) is 50.0 Å². The van der Waals surface area contributed by atoms with Gasteiger partial charge in [0, 0.05) is 6.54 Å². The van der Waals surface area contributed by atoms with E-state index in [0.29, 0.717) is 6.61 Å². The molecule has 0 spiro atoms. The number of hydrogen-bond acceptors (Lipinski definition) is 4. The molecule has 1 aliphatic heterocycles. The lowest BCUT2D eigenvalue weighted by atomic mass is 9.72. The first kappa shape index (κ1) is 23.0. The highest BCUT2D eigenvalue weighted by Gasteiger charge is 2.41. The number of nitriles is 1. The highest BCUT2D eigenvalue weighted by molar-refractivity contribution is 5.37. The molecule has 0 unspecified atom stereocenters. The van der Waals surface area contributed by atoms with Gasteiger partial charge in [-0.05, 0) is 67.6 Å². The van der Waals surface area contributed by atoms with Crippen molar-refractivity contribution in [1.82, 2.24) is 4.90 Å². The van der Waals surface area contributed by atoms with Gasteiger partial charge in [0.1, 0.15) is 5.60 Å². The van der Waals surface area contributed by atoms with Crippen LogP contribution in [0.15, 0.2) is 78.9 Å². The Kier molecular flexibility index (Phi) is 7.39. The van der Waals surface area contributed by atoms with E-state index in [2.05, 4.69) is 4.90 Å². The molecule has 0 amide bonds. The van der Waals surface area contributed by atoms with Crippen LogP contribution < -0.4 is 4.74 Å². The fourth-order valence-electron chi connectivity index (χ4n) is 4.75. The maximum Gasteiger partial charge on any atom is 0.166 e. The summed E-state index contributed by atoms with van der Waals surface area (Å²) >= 11 is 0. The quantitative estimate of drug-likeness (QED) is 0.490. The van der Waals surface area contributed by atoms with Gasteiger partial charge in [0.25, 0.3) is 0 Å². The number of hydrogen-bond donors (Lipinski definition) is 1. The Balaban J connectivity index is 1.32. The molecule has 0 radical (unpaired) electrons. The third kappa shape index (κ3) is 5.24. The summed E-state index contributed by atoms with van der Waals surface area (Å²) in [6.07, 6.45) is 2.57. The molecule has 1 aliphatic rings. The van der Waals surface area contributed by atoms with Crippen molar-refractivity contribution in [2.75, 3.05) is 26.2 Å². The van der Waals surface area contributed by atoms with Crippen molar-refractivity contribution in [3.63, 3.8) is 0 Å². The normalized spacial score (nSPS) is 15.2. The lowest BCUT2D eigenvalue weighted by Crippen LogP contribution is -2.44. The number of ether oxygens (including phenoxy) is 1. The monoisotopic (exact) mass is 444 g/mol. The molecule has 4 rings (SSSR count). The zero-order valence-corrected chi connectivity index (χ0v) is 18.7. The Labute approximate surface area is 194 Å². The van der Waals surface area contributed by atoms with Crippen molar-refractivity contribution >= 4 is 0 Å². The van der Waals surface area contributed by atoms with Gasteiger partial charge in [-0.2, -0.15) is 5.26 Å². The summed E-state index contributed by atoms with van der Waals surface area (Å²) < 4.78 is 19.5. The van der Waals surface area contributed by atoms with Crippen LogP contribution in [0.1, 0.15) is 36.0 Å². The van der Waals surface area contributed by atoms with Crippen LogP contribution >= 0.6 is 0 Å². The van der Waals surface area contributed by atoms with Gasteiger partial charge in [0.15, 0.2) is 11.6 Å². The SMILES string of the molecule is N#Cc1ccc(OCCCN2CCC(C(O)(c3ccccc3)c3ccccc3)CC2)c(F)c1. The van der Waals surface area contributed by atoms with E-state index in [1.807, 2.05) is 66.7 Å². The average molecular weight is 445 g/mol. The molecular weight excluding hydrogens is 415 g/mol. The molecule has 3 aromatic carbocycles. The lowest BCUT2D eigenvalue weighted by Gasteiger charge is -2.42. The zero-order valence-electron chi connectivity index (χ0n) is 18.7. The van der Waals surface area contributed by atoms with Crippen LogP contribution in [0.4, 0.5) is 4.39 Å². The second kappa shape index (κ2) is 10.6. The first-order valence-corrected chi connectivity index (χ1v) is 11.5. The molecule has 0 saturated carbocycles. The minimum atomic E-state index is -1.01. The summed E-state index contributed by atoms with van der Waals surface area (Å²) in [5.74, 6) is -0.193. The number of rotatable bonds is 8. The molecule has 0 bridgehead atoms. The van der Waals surface area contributed by atoms with E-state index >= 15 is 0 Å². The van der Waals surface area contributed by atoms with Crippen LogP contribution in [0, 0.1) is 23.1 Å². The molecule has 1 heterocycles. The molecule has 4 nitrogen and oxygen atoms in total. The molecule has 170 valence electrons. The number of halogens is 1. The summed E-state index contributed by atoms with van der Waals surface area (Å²) in [5, 5.41) is 20.8. The summed E-state index contributed by atoms with van der Waals surface area (Å²) in [4.78, 5) is 2.38. The van der Waals surface area contributed by atoms with E-state index in [-0.39, 0.29) is 17.2 Å². The van der Waals surface area contributed by atoms with Crippen molar-refractivity contribution in [1.29, 1.82) is 5.26 Å². The molecule has 1 saturated heterocycles. The fourth-order valence-corrected chi connectivity index (χ4v) is 4.75. The van der Waals surface area contributed by atoms with E-state index in [1.54, 1.807) is 6.07 Å².